The molecule has 3 N–H and O–H groups in total. The molecule has 166 valence electrons. The molecule has 0 fully saturated rings. The molecule has 6 nitrogen and oxygen atoms in total. The Bertz CT molecular complexity index is 1170. The summed E-state index contributed by atoms with van der Waals surface area (Å²) in [6.45, 7) is 1.92. The second kappa shape index (κ2) is 9.92. The number of halogens is 4. The van der Waals surface area contributed by atoms with Crippen LogP contribution in [-0.4, -0.2) is 28.0 Å². The highest BCUT2D eigenvalue weighted by Gasteiger charge is 2.31. The second-order valence-corrected chi connectivity index (χ2v) is 7.90. The highest BCUT2D eigenvalue weighted by atomic mass is 35.5. The van der Waals surface area contributed by atoms with E-state index < -0.39 is 17.8 Å². The molecule has 3 aromatic rings. The first-order chi connectivity index (χ1) is 15.2. The van der Waals surface area contributed by atoms with Gasteiger partial charge in [-0.15, -0.1) is 10.2 Å². The van der Waals surface area contributed by atoms with Crippen molar-refractivity contribution in [1.29, 1.82) is 0 Å². The molecular weight excluding hydrogens is 463 g/mol. The van der Waals surface area contributed by atoms with Crippen LogP contribution in [0.5, 0.6) is 0 Å². The first-order valence-electron chi connectivity index (χ1n) is 9.29. The third-order valence-corrected chi connectivity index (χ3v) is 5.45. The van der Waals surface area contributed by atoms with E-state index in [-0.39, 0.29) is 22.0 Å². The van der Waals surface area contributed by atoms with Crippen LogP contribution in [0.2, 0.25) is 5.02 Å². The zero-order chi connectivity index (χ0) is 23.3. The SMILES string of the molecule is CCc1nnc(NC(=O)c2ccc(C(C=C(N)C(F)(F)F)=Nc3ccccc3Cl)cc2)s1. The molecule has 11 heteroatoms. The van der Waals surface area contributed by atoms with Crippen molar-refractivity contribution in [2.75, 3.05) is 5.32 Å². The quantitative estimate of drug-likeness (QED) is 0.454. The normalized spacial score (nSPS) is 12.7. The van der Waals surface area contributed by atoms with Crippen LogP contribution in [0.1, 0.15) is 27.9 Å². The van der Waals surface area contributed by atoms with Gasteiger partial charge in [0.05, 0.1) is 16.4 Å². The van der Waals surface area contributed by atoms with Crippen molar-refractivity contribution in [3.05, 3.63) is 81.5 Å². The molecule has 3 rings (SSSR count). The molecule has 2 aromatic carbocycles. The lowest BCUT2D eigenvalue weighted by atomic mass is 10.1. The molecule has 0 spiro atoms. The fraction of sp³-hybridized carbons (Fsp3) is 0.143. The van der Waals surface area contributed by atoms with Crippen molar-refractivity contribution in [3.63, 3.8) is 0 Å². The van der Waals surface area contributed by atoms with E-state index in [1.54, 1.807) is 24.3 Å². The Balaban J connectivity index is 1.91. The summed E-state index contributed by atoms with van der Waals surface area (Å²) in [5, 5.41) is 11.9. The minimum atomic E-state index is -4.72. The molecule has 0 atom stereocenters. The van der Waals surface area contributed by atoms with E-state index in [0.717, 1.165) is 11.1 Å². The fourth-order valence-corrected chi connectivity index (χ4v) is 3.34. The Hall–Kier alpha value is -3.24. The molecule has 0 bridgehead atoms. The number of hydrogen-bond donors (Lipinski definition) is 2. The Kier molecular flexibility index (Phi) is 7.26. The number of para-hydroxylation sites is 1. The summed E-state index contributed by atoms with van der Waals surface area (Å²) in [5.74, 6) is -0.426. The Morgan fingerprint density at radius 3 is 2.41 bits per heavy atom. The summed E-state index contributed by atoms with van der Waals surface area (Å²) in [6.07, 6.45) is -3.30. The summed E-state index contributed by atoms with van der Waals surface area (Å²) < 4.78 is 39.0. The summed E-state index contributed by atoms with van der Waals surface area (Å²) in [6, 6.07) is 12.3. The van der Waals surface area contributed by atoms with Gasteiger partial charge in [-0.25, -0.2) is 4.99 Å². The van der Waals surface area contributed by atoms with Crippen molar-refractivity contribution in [1.82, 2.24) is 10.2 Å². The minimum Gasteiger partial charge on any atom is -0.395 e. The van der Waals surface area contributed by atoms with Gasteiger partial charge in [0, 0.05) is 11.1 Å². The largest absolute Gasteiger partial charge is 0.430 e. The number of amides is 1. The number of nitrogens with zero attached hydrogens (tertiary/aromatic N) is 3. The van der Waals surface area contributed by atoms with E-state index in [1.807, 2.05) is 6.92 Å². The van der Waals surface area contributed by atoms with Crippen molar-refractivity contribution in [2.45, 2.75) is 19.5 Å². The standard InChI is InChI=1S/C21H17ClF3N5OS/c1-2-18-29-30-20(32-18)28-19(31)13-9-7-12(8-10-13)16(11-17(26)21(23,24)25)27-15-6-4-3-5-14(15)22/h3-11H,2,26H2,1H3,(H,28,30,31). The summed E-state index contributed by atoms with van der Waals surface area (Å²) in [4.78, 5) is 16.7. The average molecular weight is 480 g/mol. The third kappa shape index (κ3) is 5.92. The molecule has 0 aliphatic carbocycles. The summed E-state index contributed by atoms with van der Waals surface area (Å²) in [5.41, 5.74) is 4.71. The number of aromatic nitrogens is 2. The van der Waals surface area contributed by atoms with Crippen LogP contribution in [0.15, 0.2) is 65.3 Å². The topological polar surface area (TPSA) is 93.3 Å². The molecule has 1 amide bonds. The van der Waals surface area contributed by atoms with Crippen LogP contribution in [0.25, 0.3) is 0 Å². The smallest absolute Gasteiger partial charge is 0.395 e. The van der Waals surface area contributed by atoms with Crippen LogP contribution in [-0.2, 0) is 6.42 Å². The molecule has 0 unspecified atom stereocenters. The van der Waals surface area contributed by atoms with Gasteiger partial charge in [0.1, 0.15) is 10.7 Å². The van der Waals surface area contributed by atoms with Crippen molar-refractivity contribution >= 4 is 45.4 Å². The van der Waals surface area contributed by atoms with Crippen LogP contribution < -0.4 is 11.1 Å². The lowest BCUT2D eigenvalue weighted by molar-refractivity contribution is -0.0925. The summed E-state index contributed by atoms with van der Waals surface area (Å²) >= 11 is 7.36. The number of benzene rings is 2. The predicted molar refractivity (Wildman–Crippen MR) is 120 cm³/mol. The number of nitrogens with two attached hydrogens (primary N) is 1. The number of carbonyl (C=O) groups excluding carboxylic acids is 1. The average Bonchev–Trinajstić information content (AvgIpc) is 3.21. The number of anilines is 1. The zero-order valence-corrected chi connectivity index (χ0v) is 18.2. The lowest BCUT2D eigenvalue weighted by Gasteiger charge is -2.09. The van der Waals surface area contributed by atoms with Gasteiger partial charge in [0.15, 0.2) is 0 Å². The van der Waals surface area contributed by atoms with Gasteiger partial charge >= 0.3 is 6.18 Å². The molecule has 0 aliphatic rings. The van der Waals surface area contributed by atoms with E-state index in [9.17, 15) is 18.0 Å². The van der Waals surface area contributed by atoms with Crippen molar-refractivity contribution in [3.8, 4) is 0 Å². The second-order valence-electron chi connectivity index (χ2n) is 6.43. The number of carbonyl (C=O) groups is 1. The van der Waals surface area contributed by atoms with E-state index in [2.05, 4.69) is 20.5 Å². The van der Waals surface area contributed by atoms with Crippen LogP contribution in [0.3, 0.4) is 0 Å². The number of alkyl halides is 3. The molecular formula is C21H17ClF3N5OS. The molecule has 0 saturated carbocycles. The molecule has 1 heterocycles. The number of nitrogens with one attached hydrogen (secondary N) is 1. The first kappa shape index (κ1) is 23.4. The Morgan fingerprint density at radius 1 is 1.16 bits per heavy atom. The van der Waals surface area contributed by atoms with E-state index in [4.69, 9.17) is 17.3 Å². The first-order valence-corrected chi connectivity index (χ1v) is 10.5. The van der Waals surface area contributed by atoms with Gasteiger partial charge in [0.25, 0.3) is 5.91 Å². The van der Waals surface area contributed by atoms with E-state index >= 15 is 0 Å². The number of aryl methyl sites for hydroxylation is 1. The van der Waals surface area contributed by atoms with Crippen LogP contribution >= 0.6 is 22.9 Å². The van der Waals surface area contributed by atoms with Crippen molar-refractivity contribution < 1.29 is 18.0 Å². The van der Waals surface area contributed by atoms with Gasteiger partial charge in [-0.1, -0.05) is 54.1 Å². The van der Waals surface area contributed by atoms with E-state index in [1.165, 1.54) is 35.6 Å². The molecule has 0 aliphatic heterocycles. The maximum atomic E-state index is 13.0. The van der Waals surface area contributed by atoms with Gasteiger partial charge < -0.3 is 5.73 Å². The van der Waals surface area contributed by atoms with Gasteiger partial charge in [0.2, 0.25) is 5.13 Å². The van der Waals surface area contributed by atoms with Crippen LogP contribution in [0, 0.1) is 0 Å². The molecule has 1 aromatic heterocycles. The van der Waals surface area contributed by atoms with E-state index in [0.29, 0.717) is 17.1 Å². The zero-order valence-electron chi connectivity index (χ0n) is 16.7. The highest BCUT2D eigenvalue weighted by Crippen LogP contribution is 2.27. The maximum Gasteiger partial charge on any atom is 0.430 e. The number of rotatable bonds is 6. The Morgan fingerprint density at radius 2 is 1.81 bits per heavy atom. The Labute approximate surface area is 190 Å². The highest BCUT2D eigenvalue weighted by molar-refractivity contribution is 7.15. The van der Waals surface area contributed by atoms with Crippen LogP contribution in [0.4, 0.5) is 24.0 Å². The third-order valence-electron chi connectivity index (χ3n) is 4.15. The molecule has 0 radical (unpaired) electrons. The number of hydrogen-bond acceptors (Lipinski definition) is 6. The van der Waals surface area contributed by atoms with Gasteiger partial charge in [-0.05, 0) is 36.8 Å². The fourth-order valence-electron chi connectivity index (χ4n) is 2.49. The predicted octanol–water partition coefficient (Wildman–Crippen LogP) is 5.53. The summed E-state index contributed by atoms with van der Waals surface area (Å²) in [7, 11) is 0. The minimum absolute atomic E-state index is 0.0587. The lowest BCUT2D eigenvalue weighted by Crippen LogP contribution is -2.21. The number of allylic oxidation sites excluding steroid dienone is 2. The van der Waals surface area contributed by atoms with Gasteiger partial charge in [-0.3, -0.25) is 10.1 Å². The number of aliphatic imine (C=N–C) groups is 1. The monoisotopic (exact) mass is 479 g/mol. The molecule has 0 saturated heterocycles. The molecule has 32 heavy (non-hydrogen) atoms. The van der Waals surface area contributed by atoms with Crippen molar-refractivity contribution in [2.24, 2.45) is 10.7 Å². The van der Waals surface area contributed by atoms with Gasteiger partial charge in [-0.2, -0.15) is 13.2 Å². The maximum absolute atomic E-state index is 13.0.